The zero-order valence-corrected chi connectivity index (χ0v) is 16.4. The van der Waals surface area contributed by atoms with E-state index in [1.807, 2.05) is 54.6 Å². The summed E-state index contributed by atoms with van der Waals surface area (Å²) in [6, 6.07) is 16.7. The van der Waals surface area contributed by atoms with Gasteiger partial charge in [0.15, 0.2) is 6.61 Å². The molecule has 7 nitrogen and oxygen atoms in total. The molecule has 1 fully saturated rings. The van der Waals surface area contributed by atoms with Crippen LogP contribution in [0.1, 0.15) is 18.4 Å². The fourth-order valence-electron chi connectivity index (χ4n) is 3.13. The minimum atomic E-state index is -0.126. The Bertz CT molecular complexity index is 829. The maximum absolute atomic E-state index is 12.4. The molecule has 1 heterocycles. The molecule has 0 unspecified atom stereocenters. The van der Waals surface area contributed by atoms with E-state index in [1.54, 1.807) is 18.2 Å². The number of anilines is 1. The van der Waals surface area contributed by atoms with E-state index in [-0.39, 0.29) is 24.3 Å². The van der Waals surface area contributed by atoms with Gasteiger partial charge in [0, 0.05) is 24.7 Å². The Balaban J connectivity index is 1.38. The van der Waals surface area contributed by atoms with Gasteiger partial charge in [-0.15, -0.1) is 0 Å². The Labute approximate surface area is 170 Å². The van der Waals surface area contributed by atoms with Crippen molar-refractivity contribution in [3.63, 3.8) is 0 Å². The smallest absolute Gasteiger partial charge is 0.263 e. The van der Waals surface area contributed by atoms with Crippen LogP contribution in [0, 0.1) is 5.92 Å². The number of hydrogen-bond donors (Lipinski definition) is 1. The van der Waals surface area contributed by atoms with Crippen LogP contribution in [-0.2, 0) is 14.4 Å². The largest absolute Gasteiger partial charge is 0.497 e. The summed E-state index contributed by atoms with van der Waals surface area (Å²) in [6.07, 6.45) is 2.83. The van der Waals surface area contributed by atoms with E-state index in [0.29, 0.717) is 25.9 Å². The first-order chi connectivity index (χ1) is 14.2. The van der Waals surface area contributed by atoms with Gasteiger partial charge in [-0.3, -0.25) is 9.59 Å². The number of oxime groups is 1. The second kappa shape index (κ2) is 10.3. The molecular weight excluding hydrogens is 370 g/mol. The third-order valence-electron chi connectivity index (χ3n) is 4.84. The number of nitrogens with zero attached hydrogens (tertiary/aromatic N) is 2. The third-order valence-corrected chi connectivity index (χ3v) is 4.84. The number of carbonyl (C=O) groups is 2. The molecule has 1 N–H and O–H groups in total. The highest BCUT2D eigenvalue weighted by atomic mass is 16.6. The van der Waals surface area contributed by atoms with Crippen molar-refractivity contribution in [1.82, 2.24) is 4.90 Å². The fraction of sp³-hybridized carbons (Fsp3) is 0.318. The standard InChI is InChI=1S/C22H25N3O4/c1-28-20-9-7-17(8-10-20)15-23-29-16-21(26)25-13-11-18(12-14-25)22(27)24-19-5-3-2-4-6-19/h2-10,15,18H,11-14,16H2,1H3,(H,24,27). The predicted molar refractivity (Wildman–Crippen MR) is 111 cm³/mol. The van der Waals surface area contributed by atoms with Gasteiger partial charge in [0.2, 0.25) is 5.91 Å². The zero-order chi connectivity index (χ0) is 20.5. The molecule has 29 heavy (non-hydrogen) atoms. The van der Waals surface area contributed by atoms with Crippen molar-refractivity contribution >= 4 is 23.7 Å². The zero-order valence-electron chi connectivity index (χ0n) is 16.4. The van der Waals surface area contributed by atoms with Gasteiger partial charge < -0.3 is 19.8 Å². The molecule has 3 rings (SSSR count). The summed E-state index contributed by atoms with van der Waals surface area (Å²) in [5, 5.41) is 6.77. The summed E-state index contributed by atoms with van der Waals surface area (Å²) < 4.78 is 5.09. The maximum Gasteiger partial charge on any atom is 0.263 e. The summed E-state index contributed by atoms with van der Waals surface area (Å²) in [7, 11) is 1.61. The monoisotopic (exact) mass is 395 g/mol. The molecule has 0 radical (unpaired) electrons. The van der Waals surface area contributed by atoms with E-state index in [0.717, 1.165) is 17.0 Å². The van der Waals surface area contributed by atoms with Crippen molar-refractivity contribution in [2.75, 3.05) is 32.1 Å². The average Bonchev–Trinajstić information content (AvgIpc) is 2.77. The van der Waals surface area contributed by atoms with Gasteiger partial charge >= 0.3 is 0 Å². The van der Waals surface area contributed by atoms with Crippen LogP contribution < -0.4 is 10.1 Å². The maximum atomic E-state index is 12.4. The van der Waals surface area contributed by atoms with Crippen LogP contribution in [0.5, 0.6) is 5.75 Å². The van der Waals surface area contributed by atoms with Gasteiger partial charge in [-0.1, -0.05) is 23.4 Å². The first kappa shape index (κ1) is 20.4. The van der Waals surface area contributed by atoms with E-state index < -0.39 is 0 Å². The van der Waals surface area contributed by atoms with E-state index in [2.05, 4.69) is 10.5 Å². The number of methoxy groups -OCH3 is 1. The molecule has 2 amide bonds. The summed E-state index contributed by atoms with van der Waals surface area (Å²) in [5.74, 6) is 0.551. The van der Waals surface area contributed by atoms with Crippen LogP contribution in [0.4, 0.5) is 5.69 Å². The molecule has 152 valence electrons. The Hall–Kier alpha value is -3.35. The highest BCUT2D eigenvalue weighted by molar-refractivity contribution is 5.92. The molecule has 2 aromatic rings. The van der Waals surface area contributed by atoms with Crippen LogP contribution in [0.3, 0.4) is 0 Å². The summed E-state index contributed by atoms with van der Waals surface area (Å²) >= 11 is 0. The van der Waals surface area contributed by atoms with Crippen molar-refractivity contribution < 1.29 is 19.2 Å². The number of likely N-dealkylation sites (tertiary alicyclic amines) is 1. The fourth-order valence-corrected chi connectivity index (χ4v) is 3.13. The summed E-state index contributed by atoms with van der Waals surface area (Å²) in [6.45, 7) is 0.960. The topological polar surface area (TPSA) is 80.2 Å². The van der Waals surface area contributed by atoms with Crippen LogP contribution in [0.2, 0.25) is 0 Å². The Morgan fingerprint density at radius 3 is 2.45 bits per heavy atom. The number of carbonyl (C=O) groups excluding carboxylic acids is 2. The number of rotatable bonds is 7. The predicted octanol–water partition coefficient (Wildman–Crippen LogP) is 2.92. The molecule has 1 aliphatic rings. The molecule has 0 aliphatic carbocycles. The molecule has 2 aromatic carbocycles. The molecule has 0 bridgehead atoms. The number of hydrogen-bond acceptors (Lipinski definition) is 5. The number of nitrogens with one attached hydrogen (secondary N) is 1. The summed E-state index contributed by atoms with van der Waals surface area (Å²) in [4.78, 5) is 31.5. The van der Waals surface area contributed by atoms with Crippen LogP contribution in [-0.4, -0.2) is 49.7 Å². The lowest BCUT2D eigenvalue weighted by molar-refractivity contribution is -0.138. The van der Waals surface area contributed by atoms with Crippen molar-refractivity contribution in [2.24, 2.45) is 11.1 Å². The number of benzene rings is 2. The lowest BCUT2D eigenvalue weighted by Crippen LogP contribution is -2.42. The van der Waals surface area contributed by atoms with Crippen LogP contribution >= 0.6 is 0 Å². The van der Waals surface area contributed by atoms with Gasteiger partial charge in [-0.25, -0.2) is 0 Å². The van der Waals surface area contributed by atoms with Gasteiger partial charge in [-0.2, -0.15) is 0 Å². The normalized spacial score (nSPS) is 14.6. The molecule has 0 atom stereocenters. The molecule has 0 spiro atoms. The molecule has 1 aliphatic heterocycles. The Morgan fingerprint density at radius 2 is 1.79 bits per heavy atom. The molecule has 0 aromatic heterocycles. The van der Waals surface area contributed by atoms with Crippen LogP contribution in [0.15, 0.2) is 59.8 Å². The number of piperidine rings is 1. The Morgan fingerprint density at radius 1 is 1.10 bits per heavy atom. The minimum Gasteiger partial charge on any atom is -0.497 e. The third kappa shape index (κ3) is 6.07. The molecule has 1 saturated heterocycles. The molecule has 0 saturated carbocycles. The highest BCUT2D eigenvalue weighted by Gasteiger charge is 2.27. The first-order valence-corrected chi connectivity index (χ1v) is 9.59. The lowest BCUT2D eigenvalue weighted by Gasteiger charge is -2.31. The molecular formula is C22H25N3O4. The average molecular weight is 395 g/mol. The van der Waals surface area contributed by atoms with Crippen molar-refractivity contribution in [3.05, 3.63) is 60.2 Å². The Kier molecular flexibility index (Phi) is 7.22. The van der Waals surface area contributed by atoms with E-state index in [9.17, 15) is 9.59 Å². The highest BCUT2D eigenvalue weighted by Crippen LogP contribution is 2.19. The van der Waals surface area contributed by atoms with E-state index in [4.69, 9.17) is 9.57 Å². The SMILES string of the molecule is COc1ccc(C=NOCC(=O)N2CCC(C(=O)Nc3ccccc3)CC2)cc1. The minimum absolute atomic E-state index is 0.00337. The lowest BCUT2D eigenvalue weighted by atomic mass is 9.96. The van der Waals surface area contributed by atoms with E-state index >= 15 is 0 Å². The number of ether oxygens (including phenoxy) is 1. The van der Waals surface area contributed by atoms with Gasteiger partial charge in [0.05, 0.1) is 13.3 Å². The van der Waals surface area contributed by atoms with E-state index in [1.165, 1.54) is 0 Å². The number of amides is 2. The van der Waals surface area contributed by atoms with Gasteiger partial charge in [0.25, 0.3) is 5.91 Å². The molecule has 7 heteroatoms. The van der Waals surface area contributed by atoms with Gasteiger partial charge in [0.1, 0.15) is 5.75 Å². The van der Waals surface area contributed by atoms with Crippen LogP contribution in [0.25, 0.3) is 0 Å². The number of para-hydroxylation sites is 1. The quantitative estimate of drug-likeness (QED) is 0.577. The van der Waals surface area contributed by atoms with Crippen molar-refractivity contribution in [1.29, 1.82) is 0 Å². The second-order valence-electron chi connectivity index (χ2n) is 6.79. The first-order valence-electron chi connectivity index (χ1n) is 9.59. The van der Waals surface area contributed by atoms with Crippen molar-refractivity contribution in [3.8, 4) is 5.75 Å². The second-order valence-corrected chi connectivity index (χ2v) is 6.79. The van der Waals surface area contributed by atoms with Crippen molar-refractivity contribution in [2.45, 2.75) is 12.8 Å². The van der Waals surface area contributed by atoms with Gasteiger partial charge in [-0.05, 0) is 54.8 Å². The summed E-state index contributed by atoms with van der Waals surface area (Å²) in [5.41, 5.74) is 1.64.